The van der Waals surface area contributed by atoms with Crippen molar-refractivity contribution in [2.24, 2.45) is 0 Å². The molecule has 1 fully saturated rings. The second-order valence-electron chi connectivity index (χ2n) is 3.81. The Kier molecular flexibility index (Phi) is 3.54. The third kappa shape index (κ3) is 2.82. The SMILES string of the molecule is c1cc(CNCCN2CCCC2)[nH]n1. The first kappa shape index (κ1) is 9.68. The fourth-order valence-electron chi connectivity index (χ4n) is 1.85. The van der Waals surface area contributed by atoms with Gasteiger partial charge in [0.05, 0.1) is 0 Å². The van der Waals surface area contributed by atoms with E-state index in [2.05, 4.69) is 20.4 Å². The van der Waals surface area contributed by atoms with E-state index in [9.17, 15) is 0 Å². The Balaban J connectivity index is 1.55. The van der Waals surface area contributed by atoms with E-state index in [0.29, 0.717) is 0 Å². The van der Waals surface area contributed by atoms with Crippen LogP contribution in [0.5, 0.6) is 0 Å². The molecule has 1 aliphatic heterocycles. The third-order valence-corrected chi connectivity index (χ3v) is 2.68. The lowest BCUT2D eigenvalue weighted by Gasteiger charge is -2.14. The minimum absolute atomic E-state index is 0.897. The van der Waals surface area contributed by atoms with E-state index in [0.717, 1.165) is 18.8 Å². The quantitative estimate of drug-likeness (QED) is 0.674. The van der Waals surface area contributed by atoms with E-state index in [-0.39, 0.29) is 0 Å². The molecular weight excluding hydrogens is 176 g/mol. The molecular formula is C10H18N4. The minimum atomic E-state index is 0.897. The summed E-state index contributed by atoms with van der Waals surface area (Å²) >= 11 is 0. The zero-order valence-corrected chi connectivity index (χ0v) is 8.50. The molecule has 4 heteroatoms. The molecule has 1 aliphatic rings. The summed E-state index contributed by atoms with van der Waals surface area (Å²) in [5.41, 5.74) is 1.16. The normalized spacial score (nSPS) is 17.7. The van der Waals surface area contributed by atoms with E-state index in [1.807, 2.05) is 6.07 Å². The molecule has 0 atom stereocenters. The molecule has 0 saturated carbocycles. The number of nitrogens with one attached hydrogen (secondary N) is 2. The molecule has 4 nitrogen and oxygen atoms in total. The van der Waals surface area contributed by atoms with Gasteiger partial charge in [-0.1, -0.05) is 0 Å². The topological polar surface area (TPSA) is 44.0 Å². The zero-order chi connectivity index (χ0) is 9.64. The number of H-pyrrole nitrogens is 1. The Morgan fingerprint density at radius 3 is 3.00 bits per heavy atom. The lowest BCUT2D eigenvalue weighted by atomic mass is 10.4. The fraction of sp³-hybridized carbons (Fsp3) is 0.700. The number of aromatic nitrogens is 2. The number of hydrogen-bond acceptors (Lipinski definition) is 3. The van der Waals surface area contributed by atoms with E-state index >= 15 is 0 Å². The van der Waals surface area contributed by atoms with Gasteiger partial charge in [-0.05, 0) is 32.0 Å². The van der Waals surface area contributed by atoms with E-state index in [1.165, 1.54) is 32.5 Å². The summed E-state index contributed by atoms with van der Waals surface area (Å²) in [6.07, 6.45) is 4.54. The van der Waals surface area contributed by atoms with Crippen LogP contribution in [-0.2, 0) is 6.54 Å². The summed E-state index contributed by atoms with van der Waals surface area (Å²) in [7, 11) is 0. The maximum absolute atomic E-state index is 3.90. The lowest BCUT2D eigenvalue weighted by molar-refractivity contribution is 0.335. The van der Waals surface area contributed by atoms with Crippen LogP contribution in [0.25, 0.3) is 0 Å². The number of hydrogen-bond donors (Lipinski definition) is 2. The molecule has 78 valence electrons. The fourth-order valence-corrected chi connectivity index (χ4v) is 1.85. The van der Waals surface area contributed by atoms with Crippen molar-refractivity contribution >= 4 is 0 Å². The van der Waals surface area contributed by atoms with Crippen LogP contribution in [0, 0.1) is 0 Å². The molecule has 1 aromatic heterocycles. The van der Waals surface area contributed by atoms with Crippen LogP contribution >= 0.6 is 0 Å². The highest BCUT2D eigenvalue weighted by Gasteiger charge is 2.09. The Morgan fingerprint density at radius 1 is 1.43 bits per heavy atom. The van der Waals surface area contributed by atoms with E-state index < -0.39 is 0 Å². The molecule has 1 saturated heterocycles. The highest BCUT2D eigenvalue weighted by molar-refractivity contribution is 4.96. The molecule has 0 aliphatic carbocycles. The number of nitrogens with zero attached hydrogens (tertiary/aromatic N) is 2. The first-order chi connectivity index (χ1) is 6.95. The van der Waals surface area contributed by atoms with Gasteiger partial charge in [-0.15, -0.1) is 0 Å². The first-order valence-corrected chi connectivity index (χ1v) is 5.36. The molecule has 0 aromatic carbocycles. The van der Waals surface area contributed by atoms with Crippen LogP contribution in [-0.4, -0.2) is 41.3 Å². The maximum Gasteiger partial charge on any atom is 0.0490 e. The minimum Gasteiger partial charge on any atom is -0.310 e. The molecule has 1 aromatic rings. The summed E-state index contributed by atoms with van der Waals surface area (Å²) in [6.45, 7) is 5.71. The molecule has 2 rings (SSSR count). The van der Waals surface area contributed by atoms with Crippen LogP contribution in [0.1, 0.15) is 18.5 Å². The Bertz CT molecular complexity index is 239. The standard InChI is InChI=1S/C10H18N4/c1-2-7-14(6-1)8-5-11-9-10-3-4-12-13-10/h3-4,11H,1-2,5-9H2,(H,12,13). The number of rotatable bonds is 5. The predicted molar refractivity (Wildman–Crippen MR) is 56.0 cm³/mol. The van der Waals surface area contributed by atoms with Crippen molar-refractivity contribution in [3.05, 3.63) is 18.0 Å². The van der Waals surface area contributed by atoms with Crippen molar-refractivity contribution in [3.8, 4) is 0 Å². The number of aromatic amines is 1. The van der Waals surface area contributed by atoms with Gasteiger partial charge in [-0.2, -0.15) is 5.10 Å². The van der Waals surface area contributed by atoms with Crippen LogP contribution in [0.3, 0.4) is 0 Å². The van der Waals surface area contributed by atoms with Gasteiger partial charge in [0.2, 0.25) is 0 Å². The second kappa shape index (κ2) is 5.12. The van der Waals surface area contributed by atoms with Gasteiger partial charge in [-0.25, -0.2) is 0 Å². The van der Waals surface area contributed by atoms with Gasteiger partial charge < -0.3 is 10.2 Å². The summed E-state index contributed by atoms with van der Waals surface area (Å²) in [4.78, 5) is 2.51. The summed E-state index contributed by atoms with van der Waals surface area (Å²) < 4.78 is 0. The first-order valence-electron chi connectivity index (χ1n) is 5.36. The smallest absolute Gasteiger partial charge is 0.0490 e. The van der Waals surface area contributed by atoms with Crippen molar-refractivity contribution in [3.63, 3.8) is 0 Å². The highest BCUT2D eigenvalue weighted by atomic mass is 15.2. The maximum atomic E-state index is 3.90. The highest BCUT2D eigenvalue weighted by Crippen LogP contribution is 2.05. The summed E-state index contributed by atoms with van der Waals surface area (Å²) in [6, 6.07) is 2.00. The van der Waals surface area contributed by atoms with Gasteiger partial charge in [0, 0.05) is 31.5 Å². The van der Waals surface area contributed by atoms with Crippen molar-refractivity contribution < 1.29 is 0 Å². The van der Waals surface area contributed by atoms with Crippen LogP contribution < -0.4 is 5.32 Å². The Labute approximate surface area is 84.7 Å². The van der Waals surface area contributed by atoms with Gasteiger partial charge >= 0.3 is 0 Å². The Hall–Kier alpha value is -0.870. The molecule has 2 N–H and O–H groups in total. The Morgan fingerprint density at radius 2 is 2.29 bits per heavy atom. The average Bonchev–Trinajstić information content (AvgIpc) is 2.86. The van der Waals surface area contributed by atoms with Crippen molar-refractivity contribution in [2.75, 3.05) is 26.2 Å². The van der Waals surface area contributed by atoms with Crippen LogP contribution in [0.15, 0.2) is 12.3 Å². The summed E-state index contributed by atoms with van der Waals surface area (Å²) in [5.74, 6) is 0. The molecule has 2 heterocycles. The molecule has 0 unspecified atom stereocenters. The van der Waals surface area contributed by atoms with Crippen LogP contribution in [0.2, 0.25) is 0 Å². The van der Waals surface area contributed by atoms with Gasteiger partial charge in [0.1, 0.15) is 0 Å². The number of likely N-dealkylation sites (tertiary alicyclic amines) is 1. The second-order valence-corrected chi connectivity index (χ2v) is 3.81. The molecule has 14 heavy (non-hydrogen) atoms. The average molecular weight is 194 g/mol. The van der Waals surface area contributed by atoms with Crippen LogP contribution in [0.4, 0.5) is 0 Å². The summed E-state index contributed by atoms with van der Waals surface area (Å²) in [5, 5.41) is 10.2. The van der Waals surface area contributed by atoms with Gasteiger partial charge in [-0.3, -0.25) is 5.10 Å². The zero-order valence-electron chi connectivity index (χ0n) is 8.50. The van der Waals surface area contributed by atoms with E-state index in [1.54, 1.807) is 6.20 Å². The molecule has 0 spiro atoms. The van der Waals surface area contributed by atoms with E-state index in [4.69, 9.17) is 0 Å². The van der Waals surface area contributed by atoms with Gasteiger partial charge in [0.25, 0.3) is 0 Å². The lowest BCUT2D eigenvalue weighted by Crippen LogP contribution is -2.29. The largest absolute Gasteiger partial charge is 0.310 e. The predicted octanol–water partition coefficient (Wildman–Crippen LogP) is 0.595. The molecule has 0 amide bonds. The molecule has 0 radical (unpaired) electrons. The third-order valence-electron chi connectivity index (χ3n) is 2.68. The van der Waals surface area contributed by atoms with Crippen molar-refractivity contribution in [2.45, 2.75) is 19.4 Å². The van der Waals surface area contributed by atoms with Crippen molar-refractivity contribution in [1.29, 1.82) is 0 Å². The van der Waals surface area contributed by atoms with Gasteiger partial charge in [0.15, 0.2) is 0 Å². The molecule has 0 bridgehead atoms. The van der Waals surface area contributed by atoms with Crippen molar-refractivity contribution in [1.82, 2.24) is 20.4 Å². The monoisotopic (exact) mass is 194 g/mol.